The zero-order valence-electron chi connectivity index (χ0n) is 8.75. The largest absolute Gasteiger partial charge is 0.488 e. The van der Waals surface area contributed by atoms with Crippen molar-refractivity contribution in [3.05, 3.63) is 29.3 Å². The summed E-state index contributed by atoms with van der Waals surface area (Å²) < 4.78 is 31.5. The summed E-state index contributed by atoms with van der Waals surface area (Å²) in [6.45, 7) is -0.247. The van der Waals surface area contributed by atoms with E-state index in [0.29, 0.717) is 12.8 Å². The molecule has 0 spiro atoms. The van der Waals surface area contributed by atoms with E-state index in [-0.39, 0.29) is 18.8 Å². The number of aliphatic hydroxyl groups is 2. The van der Waals surface area contributed by atoms with E-state index in [2.05, 4.69) is 0 Å². The fraction of sp³-hybridized carbons (Fsp3) is 0.455. The fourth-order valence-electron chi connectivity index (χ4n) is 1.23. The second-order valence-electron chi connectivity index (χ2n) is 3.33. The van der Waals surface area contributed by atoms with Gasteiger partial charge in [-0.1, -0.05) is 0 Å². The molecule has 0 atom stereocenters. The van der Waals surface area contributed by atoms with E-state index in [0.717, 1.165) is 12.1 Å². The molecule has 0 aromatic heterocycles. The molecule has 0 amide bonds. The smallest absolute Gasteiger partial charge is 0.190 e. The predicted octanol–water partition coefficient (Wildman–Crippen LogP) is 1.61. The van der Waals surface area contributed by atoms with Crippen LogP contribution in [0.15, 0.2) is 12.1 Å². The van der Waals surface area contributed by atoms with Gasteiger partial charge in [0, 0.05) is 6.61 Å². The molecule has 1 aromatic carbocycles. The van der Waals surface area contributed by atoms with Gasteiger partial charge in [-0.3, -0.25) is 0 Å². The quantitative estimate of drug-likeness (QED) is 0.732. The van der Waals surface area contributed by atoms with Gasteiger partial charge in [0.25, 0.3) is 0 Å². The summed E-state index contributed by atoms with van der Waals surface area (Å²) in [6, 6.07) is 2.06. The maximum atomic E-state index is 13.3. The fourth-order valence-corrected chi connectivity index (χ4v) is 1.23. The highest BCUT2D eigenvalue weighted by molar-refractivity contribution is 5.31. The van der Waals surface area contributed by atoms with Crippen molar-refractivity contribution < 1.29 is 23.7 Å². The third-order valence-corrected chi connectivity index (χ3v) is 2.04. The highest BCUT2D eigenvalue weighted by Crippen LogP contribution is 2.23. The Kier molecular flexibility index (Phi) is 5.14. The normalized spacial score (nSPS) is 10.5. The Bertz CT molecular complexity index is 319. The molecule has 0 heterocycles. The molecular formula is C11H14F2O3. The van der Waals surface area contributed by atoms with Crippen LogP contribution in [0.1, 0.15) is 18.4 Å². The van der Waals surface area contributed by atoms with Crippen molar-refractivity contribution >= 4 is 0 Å². The summed E-state index contributed by atoms with van der Waals surface area (Å²) in [5.74, 6) is -2.09. The van der Waals surface area contributed by atoms with Crippen molar-refractivity contribution in [2.75, 3.05) is 13.2 Å². The van der Waals surface area contributed by atoms with Gasteiger partial charge in [0.05, 0.1) is 13.2 Å². The molecule has 0 bridgehead atoms. The highest BCUT2D eigenvalue weighted by Gasteiger charge is 2.12. The summed E-state index contributed by atoms with van der Waals surface area (Å²) >= 11 is 0. The summed E-state index contributed by atoms with van der Waals surface area (Å²) in [6.07, 6.45) is 1.05. The van der Waals surface area contributed by atoms with Crippen molar-refractivity contribution in [1.29, 1.82) is 0 Å². The molecule has 5 heteroatoms. The average Bonchev–Trinajstić information content (AvgIpc) is 2.26. The van der Waals surface area contributed by atoms with Crippen LogP contribution < -0.4 is 4.74 Å². The van der Waals surface area contributed by atoms with Gasteiger partial charge in [0.2, 0.25) is 0 Å². The van der Waals surface area contributed by atoms with E-state index in [4.69, 9.17) is 14.9 Å². The number of aliphatic hydroxyl groups excluding tert-OH is 2. The molecule has 0 unspecified atom stereocenters. The molecule has 0 radical (unpaired) electrons. The first kappa shape index (κ1) is 12.9. The topological polar surface area (TPSA) is 49.7 Å². The van der Waals surface area contributed by atoms with Crippen molar-refractivity contribution in [1.82, 2.24) is 0 Å². The van der Waals surface area contributed by atoms with Crippen molar-refractivity contribution in [3.8, 4) is 5.75 Å². The van der Waals surface area contributed by atoms with Crippen LogP contribution in [0.5, 0.6) is 5.75 Å². The average molecular weight is 232 g/mol. The van der Waals surface area contributed by atoms with E-state index in [1.54, 1.807) is 0 Å². The Labute approximate surface area is 92.3 Å². The van der Waals surface area contributed by atoms with Crippen LogP contribution >= 0.6 is 0 Å². The minimum atomic E-state index is -0.826. The first-order chi connectivity index (χ1) is 7.69. The number of hydrogen-bond acceptors (Lipinski definition) is 3. The molecule has 2 N–H and O–H groups in total. The standard InChI is InChI=1S/C11H14F2O3/c12-9-5-8(7-15)6-10(13)11(9)16-4-2-1-3-14/h5-6,14-15H,1-4,7H2. The molecule has 1 aromatic rings. The molecule has 0 aliphatic rings. The Hall–Kier alpha value is -1.20. The highest BCUT2D eigenvalue weighted by atomic mass is 19.1. The maximum absolute atomic E-state index is 13.3. The summed E-state index contributed by atoms with van der Waals surface area (Å²) in [5.41, 5.74) is 0.165. The second-order valence-corrected chi connectivity index (χ2v) is 3.33. The lowest BCUT2D eigenvalue weighted by Crippen LogP contribution is -2.03. The van der Waals surface area contributed by atoms with Crippen molar-refractivity contribution in [2.45, 2.75) is 19.4 Å². The SMILES string of the molecule is OCCCCOc1c(F)cc(CO)cc1F. The van der Waals surface area contributed by atoms with Gasteiger partial charge in [0.15, 0.2) is 17.4 Å². The minimum Gasteiger partial charge on any atom is -0.488 e. The number of unbranched alkanes of at least 4 members (excludes halogenated alkanes) is 1. The number of halogens is 2. The molecule has 0 aliphatic heterocycles. The van der Waals surface area contributed by atoms with Gasteiger partial charge >= 0.3 is 0 Å². The summed E-state index contributed by atoms with van der Waals surface area (Å²) in [5, 5.41) is 17.2. The molecule has 0 saturated carbocycles. The van der Waals surface area contributed by atoms with Gasteiger partial charge < -0.3 is 14.9 Å². The van der Waals surface area contributed by atoms with E-state index in [9.17, 15) is 8.78 Å². The first-order valence-corrected chi connectivity index (χ1v) is 5.01. The first-order valence-electron chi connectivity index (χ1n) is 5.01. The lowest BCUT2D eigenvalue weighted by Gasteiger charge is -2.09. The summed E-state index contributed by atoms with van der Waals surface area (Å²) in [4.78, 5) is 0. The van der Waals surface area contributed by atoms with E-state index < -0.39 is 24.0 Å². The van der Waals surface area contributed by atoms with Crippen LogP contribution in [0.25, 0.3) is 0 Å². The van der Waals surface area contributed by atoms with E-state index in [1.807, 2.05) is 0 Å². The van der Waals surface area contributed by atoms with E-state index in [1.165, 1.54) is 0 Å². The Morgan fingerprint density at radius 1 is 1.06 bits per heavy atom. The lowest BCUT2D eigenvalue weighted by molar-refractivity contribution is 0.241. The van der Waals surface area contributed by atoms with Crippen LogP contribution in [0.2, 0.25) is 0 Å². The monoisotopic (exact) mass is 232 g/mol. The van der Waals surface area contributed by atoms with Gasteiger partial charge in [-0.25, -0.2) is 8.78 Å². The van der Waals surface area contributed by atoms with Gasteiger partial charge in [0.1, 0.15) is 0 Å². The number of benzene rings is 1. The predicted molar refractivity (Wildman–Crippen MR) is 54.1 cm³/mol. The molecule has 0 fully saturated rings. The molecule has 3 nitrogen and oxygen atoms in total. The zero-order chi connectivity index (χ0) is 12.0. The van der Waals surface area contributed by atoms with Gasteiger partial charge in [-0.15, -0.1) is 0 Å². The number of ether oxygens (including phenoxy) is 1. The Morgan fingerprint density at radius 2 is 1.69 bits per heavy atom. The van der Waals surface area contributed by atoms with Crippen LogP contribution in [0.4, 0.5) is 8.78 Å². The molecule has 0 saturated heterocycles. The number of rotatable bonds is 6. The molecule has 90 valence electrons. The van der Waals surface area contributed by atoms with Crippen LogP contribution in [0.3, 0.4) is 0 Å². The van der Waals surface area contributed by atoms with Crippen LogP contribution in [-0.2, 0) is 6.61 Å². The van der Waals surface area contributed by atoms with Gasteiger partial charge in [-0.2, -0.15) is 0 Å². The molecule has 1 rings (SSSR count). The zero-order valence-corrected chi connectivity index (χ0v) is 8.75. The van der Waals surface area contributed by atoms with Crippen molar-refractivity contribution in [3.63, 3.8) is 0 Å². The van der Waals surface area contributed by atoms with Gasteiger partial charge in [-0.05, 0) is 30.5 Å². The van der Waals surface area contributed by atoms with Crippen LogP contribution in [0, 0.1) is 11.6 Å². The van der Waals surface area contributed by atoms with E-state index >= 15 is 0 Å². The van der Waals surface area contributed by atoms with Crippen molar-refractivity contribution in [2.24, 2.45) is 0 Å². The molecule has 16 heavy (non-hydrogen) atoms. The maximum Gasteiger partial charge on any atom is 0.190 e. The van der Waals surface area contributed by atoms with Crippen LogP contribution in [-0.4, -0.2) is 23.4 Å². The number of hydrogen-bond donors (Lipinski definition) is 2. The third-order valence-electron chi connectivity index (χ3n) is 2.04. The molecular weight excluding hydrogens is 218 g/mol. The Balaban J connectivity index is 2.65. The Morgan fingerprint density at radius 3 is 2.19 bits per heavy atom. The minimum absolute atomic E-state index is 0.0256. The second kappa shape index (κ2) is 6.40. The lowest BCUT2D eigenvalue weighted by atomic mass is 10.2. The third kappa shape index (κ3) is 3.43. The molecule has 0 aliphatic carbocycles. The summed E-state index contributed by atoms with van der Waals surface area (Å²) in [7, 11) is 0.